The SMILES string of the molecule is Cc1nn(C(F)F)c(C)c1CC(=O)NCCC1=CCCCCC1. The third kappa shape index (κ3) is 4.88. The normalized spacial score (nSPS) is 15.4. The molecule has 1 amide bonds. The quantitative estimate of drug-likeness (QED) is 0.808. The van der Waals surface area contributed by atoms with E-state index < -0.39 is 6.55 Å². The molecule has 1 aliphatic rings. The van der Waals surface area contributed by atoms with Crippen LogP contribution in [0, 0.1) is 13.8 Å². The zero-order chi connectivity index (χ0) is 16.8. The van der Waals surface area contributed by atoms with E-state index in [1.165, 1.54) is 24.8 Å². The van der Waals surface area contributed by atoms with Crippen molar-refractivity contribution >= 4 is 5.91 Å². The highest BCUT2D eigenvalue weighted by atomic mass is 19.3. The van der Waals surface area contributed by atoms with E-state index in [0.29, 0.717) is 28.2 Å². The molecule has 1 heterocycles. The Balaban J connectivity index is 1.84. The maximum absolute atomic E-state index is 12.8. The zero-order valence-corrected chi connectivity index (χ0v) is 13.9. The first kappa shape index (κ1) is 17.6. The van der Waals surface area contributed by atoms with Gasteiger partial charge in [-0.05, 0) is 46.0 Å². The Morgan fingerprint density at radius 1 is 1.35 bits per heavy atom. The summed E-state index contributed by atoms with van der Waals surface area (Å²) < 4.78 is 26.3. The fourth-order valence-corrected chi connectivity index (χ4v) is 3.04. The average Bonchev–Trinajstić information content (AvgIpc) is 2.71. The molecule has 0 fully saturated rings. The molecule has 0 unspecified atom stereocenters. The lowest BCUT2D eigenvalue weighted by Crippen LogP contribution is -2.26. The third-order valence-corrected chi connectivity index (χ3v) is 4.40. The second-order valence-corrected chi connectivity index (χ2v) is 6.11. The van der Waals surface area contributed by atoms with Crippen LogP contribution in [0.25, 0.3) is 0 Å². The minimum absolute atomic E-state index is 0.101. The molecular weight excluding hydrogens is 300 g/mol. The van der Waals surface area contributed by atoms with Gasteiger partial charge in [-0.15, -0.1) is 0 Å². The largest absolute Gasteiger partial charge is 0.355 e. The average molecular weight is 325 g/mol. The Bertz CT molecular complexity index is 579. The van der Waals surface area contributed by atoms with Gasteiger partial charge in [-0.1, -0.05) is 18.1 Å². The second-order valence-electron chi connectivity index (χ2n) is 6.11. The molecule has 0 saturated carbocycles. The summed E-state index contributed by atoms with van der Waals surface area (Å²) in [4.78, 5) is 12.1. The monoisotopic (exact) mass is 325 g/mol. The van der Waals surface area contributed by atoms with Crippen molar-refractivity contribution in [3.63, 3.8) is 0 Å². The van der Waals surface area contributed by atoms with Gasteiger partial charge in [-0.2, -0.15) is 13.9 Å². The van der Waals surface area contributed by atoms with Gasteiger partial charge < -0.3 is 5.32 Å². The number of hydrogen-bond acceptors (Lipinski definition) is 2. The number of allylic oxidation sites excluding steroid dienone is 1. The van der Waals surface area contributed by atoms with Crippen LogP contribution in [0.4, 0.5) is 8.78 Å². The summed E-state index contributed by atoms with van der Waals surface area (Å²) in [5.41, 5.74) is 2.86. The van der Waals surface area contributed by atoms with Crippen molar-refractivity contribution in [1.29, 1.82) is 0 Å². The van der Waals surface area contributed by atoms with Crippen LogP contribution in [0.1, 0.15) is 62.0 Å². The summed E-state index contributed by atoms with van der Waals surface area (Å²) in [6.45, 7) is 1.16. The summed E-state index contributed by atoms with van der Waals surface area (Å²) in [6, 6.07) is 0. The number of aromatic nitrogens is 2. The molecule has 4 nitrogen and oxygen atoms in total. The molecule has 6 heteroatoms. The first-order valence-electron chi connectivity index (χ1n) is 8.26. The minimum Gasteiger partial charge on any atom is -0.355 e. The number of carbonyl (C=O) groups is 1. The van der Waals surface area contributed by atoms with Crippen molar-refractivity contribution in [3.8, 4) is 0 Å². The van der Waals surface area contributed by atoms with E-state index in [2.05, 4.69) is 16.5 Å². The van der Waals surface area contributed by atoms with Gasteiger partial charge in [0.2, 0.25) is 5.91 Å². The van der Waals surface area contributed by atoms with Crippen molar-refractivity contribution < 1.29 is 13.6 Å². The number of nitrogens with zero attached hydrogens (tertiary/aromatic N) is 2. The number of nitrogens with one attached hydrogen (secondary N) is 1. The molecule has 0 radical (unpaired) electrons. The number of rotatable bonds is 6. The second kappa shape index (κ2) is 8.22. The van der Waals surface area contributed by atoms with Crippen LogP contribution in [0.2, 0.25) is 0 Å². The Hall–Kier alpha value is -1.72. The molecule has 0 bridgehead atoms. The molecule has 0 aromatic carbocycles. The molecule has 0 spiro atoms. The van der Waals surface area contributed by atoms with Gasteiger partial charge in [0.1, 0.15) is 0 Å². The van der Waals surface area contributed by atoms with Crippen molar-refractivity contribution in [2.24, 2.45) is 0 Å². The first-order valence-corrected chi connectivity index (χ1v) is 8.26. The maximum Gasteiger partial charge on any atom is 0.333 e. The topological polar surface area (TPSA) is 46.9 Å². The fourth-order valence-electron chi connectivity index (χ4n) is 3.04. The van der Waals surface area contributed by atoms with E-state index in [1.54, 1.807) is 13.8 Å². The summed E-state index contributed by atoms with van der Waals surface area (Å²) in [7, 11) is 0. The Morgan fingerprint density at radius 2 is 2.13 bits per heavy atom. The number of alkyl halides is 2. The molecule has 1 aromatic heterocycles. The number of aryl methyl sites for hydroxylation is 1. The van der Waals surface area contributed by atoms with E-state index in [4.69, 9.17) is 0 Å². The predicted octanol–water partition coefficient (Wildman–Crippen LogP) is 3.83. The Labute approximate surface area is 135 Å². The van der Waals surface area contributed by atoms with Crippen LogP contribution in [-0.2, 0) is 11.2 Å². The van der Waals surface area contributed by atoms with Gasteiger partial charge in [-0.3, -0.25) is 4.79 Å². The number of hydrogen-bond donors (Lipinski definition) is 1. The van der Waals surface area contributed by atoms with Crippen LogP contribution in [0.3, 0.4) is 0 Å². The van der Waals surface area contributed by atoms with Crippen molar-refractivity contribution in [2.45, 2.75) is 65.3 Å². The zero-order valence-electron chi connectivity index (χ0n) is 13.9. The molecule has 0 atom stereocenters. The first-order chi connectivity index (χ1) is 11.0. The lowest BCUT2D eigenvalue weighted by Gasteiger charge is -2.08. The molecule has 128 valence electrons. The van der Waals surface area contributed by atoms with Crippen LogP contribution >= 0.6 is 0 Å². The molecule has 1 N–H and O–H groups in total. The molecule has 0 saturated heterocycles. The fraction of sp³-hybridized carbons (Fsp3) is 0.647. The molecule has 2 rings (SSSR count). The van der Waals surface area contributed by atoms with Gasteiger partial charge in [0.25, 0.3) is 0 Å². The highest BCUT2D eigenvalue weighted by molar-refractivity contribution is 5.79. The van der Waals surface area contributed by atoms with Crippen LogP contribution in [0.5, 0.6) is 0 Å². The Morgan fingerprint density at radius 3 is 2.83 bits per heavy atom. The van der Waals surface area contributed by atoms with Gasteiger partial charge >= 0.3 is 6.55 Å². The number of halogens is 2. The highest BCUT2D eigenvalue weighted by Crippen LogP contribution is 2.20. The van der Waals surface area contributed by atoms with Gasteiger partial charge in [0.05, 0.1) is 12.1 Å². The summed E-state index contributed by atoms with van der Waals surface area (Å²) >= 11 is 0. The lowest BCUT2D eigenvalue weighted by molar-refractivity contribution is -0.120. The maximum atomic E-state index is 12.8. The third-order valence-electron chi connectivity index (χ3n) is 4.40. The van der Waals surface area contributed by atoms with Crippen LogP contribution in [-0.4, -0.2) is 22.2 Å². The van der Waals surface area contributed by atoms with Crippen molar-refractivity contribution in [3.05, 3.63) is 28.6 Å². The molecule has 0 aliphatic heterocycles. The van der Waals surface area contributed by atoms with Crippen LogP contribution < -0.4 is 5.32 Å². The smallest absolute Gasteiger partial charge is 0.333 e. The van der Waals surface area contributed by atoms with E-state index in [0.717, 1.165) is 19.3 Å². The molecule has 1 aromatic rings. The van der Waals surface area contributed by atoms with Crippen LogP contribution in [0.15, 0.2) is 11.6 Å². The van der Waals surface area contributed by atoms with E-state index in [1.807, 2.05) is 0 Å². The van der Waals surface area contributed by atoms with Gasteiger partial charge in [0.15, 0.2) is 0 Å². The molecular formula is C17H25F2N3O. The number of carbonyl (C=O) groups excluding carboxylic acids is 1. The standard InChI is InChI=1S/C17H25F2N3O/c1-12-15(13(2)22(21-12)17(18)19)11-16(23)20-10-9-14-7-5-3-4-6-8-14/h7,17H,3-6,8-11H2,1-2H3,(H,20,23). The van der Waals surface area contributed by atoms with Gasteiger partial charge in [-0.25, -0.2) is 4.68 Å². The number of amides is 1. The minimum atomic E-state index is -2.67. The van der Waals surface area contributed by atoms with E-state index >= 15 is 0 Å². The lowest BCUT2D eigenvalue weighted by atomic mass is 10.1. The van der Waals surface area contributed by atoms with E-state index in [-0.39, 0.29) is 12.3 Å². The van der Waals surface area contributed by atoms with E-state index in [9.17, 15) is 13.6 Å². The molecule has 1 aliphatic carbocycles. The summed E-state index contributed by atoms with van der Waals surface area (Å²) in [6.07, 6.45) is 9.28. The summed E-state index contributed by atoms with van der Waals surface area (Å²) in [5.74, 6) is -0.140. The molecule has 23 heavy (non-hydrogen) atoms. The Kier molecular flexibility index (Phi) is 6.30. The van der Waals surface area contributed by atoms with Crippen molar-refractivity contribution in [2.75, 3.05) is 6.54 Å². The van der Waals surface area contributed by atoms with Gasteiger partial charge in [0, 0.05) is 17.8 Å². The predicted molar refractivity (Wildman–Crippen MR) is 85.5 cm³/mol. The summed E-state index contributed by atoms with van der Waals surface area (Å²) in [5, 5.41) is 6.69. The van der Waals surface area contributed by atoms with Crippen molar-refractivity contribution in [1.82, 2.24) is 15.1 Å². The highest BCUT2D eigenvalue weighted by Gasteiger charge is 2.19.